The molecule has 4 nitrogen and oxygen atoms in total. The zero-order valence-corrected chi connectivity index (χ0v) is 14.0. The summed E-state index contributed by atoms with van der Waals surface area (Å²) in [6.07, 6.45) is -1.14. The predicted octanol–water partition coefficient (Wildman–Crippen LogP) is 4.82. The molecule has 0 bridgehead atoms. The Kier molecular flexibility index (Phi) is 13.3. The minimum Gasteiger partial charge on any atom is -0.390 e. The Morgan fingerprint density at radius 3 is 2.43 bits per heavy atom. The average Bonchev–Trinajstić information content (AvgIpc) is 2.44. The summed E-state index contributed by atoms with van der Waals surface area (Å²) in [5, 5.41) is 3.50. The molecule has 1 atom stereocenters. The highest BCUT2D eigenvalue weighted by molar-refractivity contribution is 9.11. The number of alkyl halides is 3. The number of aliphatic imine (C=N–C) groups is 1. The molecule has 0 aromatic rings. The van der Waals surface area contributed by atoms with E-state index in [0.29, 0.717) is 10.2 Å². The molecule has 8 heteroatoms. The van der Waals surface area contributed by atoms with Gasteiger partial charge in [-0.05, 0) is 29.8 Å². The number of oxime groups is 1. The fourth-order valence-corrected chi connectivity index (χ4v) is 0.805. The van der Waals surface area contributed by atoms with Crippen LogP contribution in [0.1, 0.15) is 27.7 Å². The van der Waals surface area contributed by atoms with Crippen molar-refractivity contribution < 1.29 is 22.7 Å². The summed E-state index contributed by atoms with van der Waals surface area (Å²) in [4.78, 5) is 8.73. The van der Waals surface area contributed by atoms with E-state index in [0.717, 1.165) is 0 Å². The molecule has 0 fully saturated rings. The number of rotatable bonds is 7. The standard InChI is InChI=1S/C11H14BrF3N2O2.C2H6/c1-4-10(12)6-16-8(2)5-17-19-9(3)7-18-11(13,14)15;1-2/h4-6,9H,1,7H2,2-3H3;1-2H3/b10-6+,16-8+,17-5+;. The van der Waals surface area contributed by atoms with Crippen LogP contribution >= 0.6 is 15.9 Å². The molecule has 0 rings (SSSR count). The lowest BCUT2D eigenvalue weighted by molar-refractivity contribution is -0.331. The second-order valence-corrected chi connectivity index (χ2v) is 4.31. The largest absolute Gasteiger partial charge is 0.522 e. The van der Waals surface area contributed by atoms with Crippen LogP contribution in [0.5, 0.6) is 0 Å². The Bertz CT molecular complexity index is 380. The first-order valence-corrected chi connectivity index (χ1v) is 6.96. The fourth-order valence-electron chi connectivity index (χ4n) is 0.702. The number of halogens is 4. The molecule has 0 saturated heterocycles. The fraction of sp³-hybridized carbons (Fsp3) is 0.538. The van der Waals surface area contributed by atoms with Crippen LogP contribution in [0, 0.1) is 0 Å². The molecule has 0 aliphatic heterocycles. The summed E-state index contributed by atoms with van der Waals surface area (Å²) in [6, 6.07) is 0. The Hall–Kier alpha value is -1.15. The van der Waals surface area contributed by atoms with Gasteiger partial charge in [0, 0.05) is 10.7 Å². The Morgan fingerprint density at radius 2 is 1.95 bits per heavy atom. The molecule has 21 heavy (non-hydrogen) atoms. The van der Waals surface area contributed by atoms with Crippen LogP contribution in [0.3, 0.4) is 0 Å². The number of hydrogen-bond acceptors (Lipinski definition) is 4. The maximum absolute atomic E-state index is 11.7. The van der Waals surface area contributed by atoms with Gasteiger partial charge in [-0.1, -0.05) is 31.7 Å². The van der Waals surface area contributed by atoms with Crippen molar-refractivity contribution in [2.24, 2.45) is 10.1 Å². The zero-order chi connectivity index (χ0) is 16.9. The predicted molar refractivity (Wildman–Crippen MR) is 82.7 cm³/mol. The van der Waals surface area contributed by atoms with Crippen molar-refractivity contribution in [3.8, 4) is 0 Å². The molecular weight excluding hydrogens is 353 g/mol. The molecule has 0 radical (unpaired) electrons. The minimum absolute atomic E-state index is 0.516. The summed E-state index contributed by atoms with van der Waals surface area (Å²) in [5.41, 5.74) is 0.516. The molecule has 0 aliphatic carbocycles. The molecule has 0 aliphatic rings. The zero-order valence-electron chi connectivity index (χ0n) is 12.4. The first kappa shape index (κ1) is 22.1. The van der Waals surface area contributed by atoms with Crippen molar-refractivity contribution in [3.63, 3.8) is 0 Å². The molecule has 0 heterocycles. The van der Waals surface area contributed by atoms with E-state index in [-0.39, 0.29) is 0 Å². The molecule has 0 aromatic heterocycles. The van der Waals surface area contributed by atoms with E-state index in [4.69, 9.17) is 4.84 Å². The second-order valence-electron chi connectivity index (χ2n) is 3.40. The number of hydrogen-bond donors (Lipinski definition) is 0. The Morgan fingerprint density at radius 1 is 1.38 bits per heavy atom. The molecule has 0 amide bonds. The van der Waals surface area contributed by atoms with Crippen LogP contribution in [0.4, 0.5) is 13.2 Å². The van der Waals surface area contributed by atoms with E-state index in [1.165, 1.54) is 19.3 Å². The van der Waals surface area contributed by atoms with Crippen molar-refractivity contribution >= 4 is 27.9 Å². The van der Waals surface area contributed by atoms with Crippen molar-refractivity contribution in [1.82, 2.24) is 0 Å². The van der Waals surface area contributed by atoms with Gasteiger partial charge in [0.15, 0.2) is 0 Å². The summed E-state index contributed by atoms with van der Waals surface area (Å²) < 4.78 is 39.4. The topological polar surface area (TPSA) is 43.2 Å². The third-order valence-electron chi connectivity index (χ3n) is 1.55. The molecule has 0 aromatic carbocycles. The van der Waals surface area contributed by atoms with Gasteiger partial charge in [-0.3, -0.25) is 9.73 Å². The SMILES string of the molecule is C=C\C(Br)=C/N=C(C)/C=N/OC(C)COC(F)(F)F.CC. The maximum Gasteiger partial charge on any atom is 0.522 e. The molecular formula is C13H20BrF3N2O2. The van der Waals surface area contributed by atoms with Gasteiger partial charge in [0.05, 0.1) is 18.5 Å². The lowest BCUT2D eigenvalue weighted by Crippen LogP contribution is -2.22. The maximum atomic E-state index is 11.7. The smallest absolute Gasteiger partial charge is 0.390 e. The highest BCUT2D eigenvalue weighted by Crippen LogP contribution is 2.16. The Balaban J connectivity index is 0. The first-order valence-electron chi connectivity index (χ1n) is 6.17. The highest BCUT2D eigenvalue weighted by Gasteiger charge is 2.30. The lowest BCUT2D eigenvalue weighted by atomic mass is 10.4. The van der Waals surface area contributed by atoms with E-state index >= 15 is 0 Å². The van der Waals surface area contributed by atoms with Gasteiger partial charge in [0.1, 0.15) is 6.10 Å². The van der Waals surface area contributed by atoms with Crippen LogP contribution in [0.2, 0.25) is 0 Å². The van der Waals surface area contributed by atoms with Crippen molar-refractivity contribution in [1.29, 1.82) is 0 Å². The van der Waals surface area contributed by atoms with E-state index in [1.807, 2.05) is 13.8 Å². The quantitative estimate of drug-likeness (QED) is 0.365. The third-order valence-corrected chi connectivity index (χ3v) is 2.08. The molecule has 0 spiro atoms. The monoisotopic (exact) mass is 372 g/mol. The third kappa shape index (κ3) is 16.8. The highest BCUT2D eigenvalue weighted by atomic mass is 79.9. The lowest BCUT2D eigenvalue weighted by Gasteiger charge is -2.11. The van der Waals surface area contributed by atoms with Gasteiger partial charge in [-0.15, -0.1) is 13.2 Å². The average molecular weight is 373 g/mol. The summed E-state index contributed by atoms with van der Waals surface area (Å²) >= 11 is 3.17. The van der Waals surface area contributed by atoms with Crippen molar-refractivity contribution in [2.75, 3.05) is 6.61 Å². The van der Waals surface area contributed by atoms with Gasteiger partial charge in [-0.25, -0.2) is 0 Å². The number of ether oxygens (including phenoxy) is 1. The van der Waals surface area contributed by atoms with E-state index < -0.39 is 19.1 Å². The summed E-state index contributed by atoms with van der Waals surface area (Å²) in [5.74, 6) is 0. The first-order chi connectivity index (χ1) is 9.74. The van der Waals surface area contributed by atoms with Crippen molar-refractivity contribution in [2.45, 2.75) is 40.2 Å². The second kappa shape index (κ2) is 12.6. The van der Waals surface area contributed by atoms with Crippen molar-refractivity contribution in [3.05, 3.63) is 23.3 Å². The van der Waals surface area contributed by atoms with Crippen LogP contribution in [0.25, 0.3) is 0 Å². The Labute approximate surface area is 131 Å². The van der Waals surface area contributed by atoms with Crippen LogP contribution in [0.15, 0.2) is 33.5 Å². The van der Waals surface area contributed by atoms with Gasteiger partial charge in [0.2, 0.25) is 0 Å². The van der Waals surface area contributed by atoms with Gasteiger partial charge in [-0.2, -0.15) is 0 Å². The number of nitrogens with zero attached hydrogens (tertiary/aromatic N) is 2. The molecule has 1 unspecified atom stereocenters. The van der Waals surface area contributed by atoms with E-state index in [9.17, 15) is 13.2 Å². The van der Waals surface area contributed by atoms with Crippen LogP contribution < -0.4 is 0 Å². The van der Waals surface area contributed by atoms with Crippen LogP contribution in [-0.4, -0.2) is 31.0 Å². The minimum atomic E-state index is -4.67. The van der Waals surface area contributed by atoms with Gasteiger partial charge in [0.25, 0.3) is 0 Å². The molecule has 122 valence electrons. The summed E-state index contributed by atoms with van der Waals surface area (Å²) in [6.45, 7) is 9.95. The van der Waals surface area contributed by atoms with Gasteiger partial charge >= 0.3 is 6.36 Å². The van der Waals surface area contributed by atoms with Gasteiger partial charge < -0.3 is 4.84 Å². The molecule has 0 N–H and O–H groups in total. The van der Waals surface area contributed by atoms with E-state index in [1.54, 1.807) is 13.0 Å². The van der Waals surface area contributed by atoms with Crippen LogP contribution in [-0.2, 0) is 9.57 Å². The summed E-state index contributed by atoms with van der Waals surface area (Å²) in [7, 11) is 0. The normalized spacial score (nSPS) is 14.5. The molecule has 0 saturated carbocycles. The number of allylic oxidation sites excluding steroid dienone is 2. The van der Waals surface area contributed by atoms with E-state index in [2.05, 4.69) is 37.4 Å².